The third-order valence-corrected chi connectivity index (χ3v) is 10.4. The number of Topliss-reactive ketones (excluding diaryl/α,β-unsaturated/α-hetero) is 1. The van der Waals surface area contributed by atoms with E-state index in [1.165, 1.54) is 0 Å². The van der Waals surface area contributed by atoms with Crippen molar-refractivity contribution in [2.24, 2.45) is 5.16 Å². The highest BCUT2D eigenvalue weighted by Gasteiger charge is 2.50. The van der Waals surface area contributed by atoms with Crippen LogP contribution in [0.15, 0.2) is 21.1 Å². The van der Waals surface area contributed by atoms with E-state index in [0.717, 1.165) is 58.9 Å². The van der Waals surface area contributed by atoms with E-state index in [0.29, 0.717) is 5.01 Å². The van der Waals surface area contributed by atoms with Crippen molar-refractivity contribution in [2.75, 3.05) is 31.2 Å². The lowest BCUT2D eigenvalue weighted by Gasteiger charge is -2.46. The lowest BCUT2D eigenvalue weighted by Crippen LogP contribution is -2.71. The fourth-order valence-corrected chi connectivity index (χ4v) is 7.21. The molecule has 2 aliphatic rings. The number of likely N-dealkylation sites (tertiary alicyclic amines) is 1. The van der Waals surface area contributed by atoms with Crippen molar-refractivity contribution in [2.45, 2.75) is 30.9 Å². The molecule has 2 fully saturated rings. The lowest BCUT2D eigenvalue weighted by molar-refractivity contribution is -0.161. The van der Waals surface area contributed by atoms with Gasteiger partial charge in [-0.05, 0) is 41.9 Å². The third-order valence-electron chi connectivity index (χ3n) is 7.15. The molecule has 2 saturated heterocycles. The van der Waals surface area contributed by atoms with E-state index in [1.807, 2.05) is 5.43 Å². The first-order valence-corrected chi connectivity index (χ1v) is 17.3. The number of hydrazine groups is 1. The number of aliphatic carboxylic acids is 2. The summed E-state index contributed by atoms with van der Waals surface area (Å²) in [4.78, 5) is 111. The van der Waals surface area contributed by atoms with Crippen LogP contribution in [0.2, 0.25) is 5.02 Å². The maximum atomic E-state index is 13.5. The Morgan fingerprint density at radius 1 is 1.13 bits per heavy atom. The van der Waals surface area contributed by atoms with Crippen LogP contribution < -0.4 is 16.5 Å². The smallest absolute Gasteiger partial charge is 0.350 e. The number of benzene rings is 1. The number of phenolic OH excluding ortho intramolecular Hbond substituents is 2. The minimum atomic E-state index is -1.90. The molecule has 0 radical (unpaired) electrons. The summed E-state index contributed by atoms with van der Waals surface area (Å²) in [6.07, 6.45) is 0. The Bertz CT molecular complexity index is 1930. The van der Waals surface area contributed by atoms with Crippen LogP contribution in [0.1, 0.15) is 29.9 Å². The number of hydrogen-bond acceptors (Lipinski definition) is 16. The van der Waals surface area contributed by atoms with Gasteiger partial charge in [-0.3, -0.25) is 39.0 Å². The van der Waals surface area contributed by atoms with Gasteiger partial charge >= 0.3 is 29.7 Å². The van der Waals surface area contributed by atoms with Crippen LogP contribution >= 0.6 is 50.6 Å². The van der Waals surface area contributed by atoms with Gasteiger partial charge in [0.05, 0.1) is 23.0 Å². The normalized spacial score (nSPS) is 17.8. The maximum Gasteiger partial charge on any atom is 0.350 e. The number of carbonyl (C=O) groups is 8. The molecular formula is C27H26BrClN8O13S2. The number of halogens is 2. The summed E-state index contributed by atoms with van der Waals surface area (Å²) in [5.74, 6) is -11.7. The second-order valence-corrected chi connectivity index (χ2v) is 14.9. The zero-order valence-electron chi connectivity index (χ0n) is 26.5. The molecule has 2 aromatic rings. The predicted octanol–water partition coefficient (Wildman–Crippen LogP) is -0.850. The molecule has 5 amide bonds. The van der Waals surface area contributed by atoms with Gasteiger partial charge in [0.1, 0.15) is 27.4 Å². The van der Waals surface area contributed by atoms with Crippen molar-refractivity contribution in [1.82, 2.24) is 30.5 Å². The maximum absolute atomic E-state index is 13.5. The summed E-state index contributed by atoms with van der Waals surface area (Å²) in [7, 11) is 0. The van der Waals surface area contributed by atoms with Crippen molar-refractivity contribution < 1.29 is 63.6 Å². The highest BCUT2D eigenvalue weighted by Crippen LogP contribution is 2.36. The number of β-lactam (4-membered cyclic amide) rings is 1. The highest BCUT2D eigenvalue weighted by atomic mass is 79.9. The zero-order valence-corrected chi connectivity index (χ0v) is 30.5. The molecule has 2 atom stereocenters. The summed E-state index contributed by atoms with van der Waals surface area (Å²) in [5, 5.41) is 42.9. The number of carboxylic acid groups (broad SMARTS) is 2. The Balaban J connectivity index is 1.45. The van der Waals surface area contributed by atoms with Crippen LogP contribution in [0.3, 0.4) is 0 Å². The van der Waals surface area contributed by atoms with E-state index in [2.05, 4.69) is 31.4 Å². The summed E-state index contributed by atoms with van der Waals surface area (Å²) in [6.45, 7) is 0.988. The number of nitrogens with two attached hydrogens (primary N) is 1. The second kappa shape index (κ2) is 15.6. The number of phenols is 2. The minimum Gasteiger partial charge on any atom is -0.504 e. The van der Waals surface area contributed by atoms with Gasteiger partial charge in [-0.2, -0.15) is 0 Å². The number of nitrogens with zero attached hydrogens (tertiary/aromatic N) is 5. The lowest BCUT2D eigenvalue weighted by atomic mass is 10.1. The molecular weight excluding hydrogens is 824 g/mol. The van der Waals surface area contributed by atoms with Gasteiger partial charge in [-0.25, -0.2) is 14.8 Å². The van der Waals surface area contributed by atoms with Crippen LogP contribution in [0, 0.1) is 0 Å². The van der Waals surface area contributed by atoms with Gasteiger partial charge in [-0.1, -0.05) is 28.1 Å². The van der Waals surface area contributed by atoms with Gasteiger partial charge in [0.15, 0.2) is 22.3 Å². The summed E-state index contributed by atoms with van der Waals surface area (Å²) < 4.78 is 0.209. The number of hydrogen-bond donors (Lipinski definition) is 7. The average Bonchev–Trinajstić information content (AvgIpc) is 3.41. The Morgan fingerprint density at radius 3 is 2.40 bits per heavy atom. The highest BCUT2D eigenvalue weighted by molar-refractivity contribution is 9.11. The second-order valence-electron chi connectivity index (χ2n) is 11.1. The van der Waals surface area contributed by atoms with Crippen molar-refractivity contribution >= 4 is 109 Å². The molecule has 8 N–H and O–H groups in total. The number of rotatable bonds is 14. The molecule has 0 unspecified atom stereocenters. The van der Waals surface area contributed by atoms with Crippen molar-refractivity contribution in [3.8, 4) is 11.5 Å². The van der Waals surface area contributed by atoms with Gasteiger partial charge < -0.3 is 46.1 Å². The number of carbonyl (C=O) groups excluding carboxylic acids is 6. The quantitative estimate of drug-likeness (QED) is 0.0304. The molecule has 4 rings (SSSR count). The number of amides is 5. The van der Waals surface area contributed by atoms with Crippen molar-refractivity contribution in [1.29, 1.82) is 0 Å². The number of ketones is 1. The van der Waals surface area contributed by atoms with Crippen molar-refractivity contribution in [3.63, 3.8) is 0 Å². The molecule has 3 heterocycles. The molecule has 2 aliphatic heterocycles. The molecule has 278 valence electrons. The Morgan fingerprint density at radius 2 is 1.81 bits per heavy atom. The van der Waals surface area contributed by atoms with E-state index in [-0.39, 0.29) is 33.6 Å². The first-order valence-electron chi connectivity index (χ1n) is 14.3. The van der Waals surface area contributed by atoms with Crippen molar-refractivity contribution in [3.05, 3.63) is 32.2 Å². The molecule has 52 heavy (non-hydrogen) atoms. The van der Waals surface area contributed by atoms with E-state index < -0.39 is 98.6 Å². The van der Waals surface area contributed by atoms with Gasteiger partial charge in [-0.15, -0.1) is 11.8 Å². The molecule has 0 spiro atoms. The fourth-order valence-electron chi connectivity index (χ4n) is 4.32. The number of oxime groups is 1. The van der Waals surface area contributed by atoms with E-state index in [1.54, 1.807) is 0 Å². The van der Waals surface area contributed by atoms with Crippen LogP contribution in [-0.4, -0.2) is 136 Å². The SMILES string of the molecule is CC(C)(O/N=C(\C(=O)N[C@@H]1C(=O)N(CC(=O)O)[C@@H]1SCN1CCN(NC(=O)C(=O)c2ccc(O)c(O)c2Cl)C(=O)C1=O)c1nc(N)sc1Br)C(=O)O. The Hall–Kier alpha value is -5.20. The molecule has 25 heteroatoms. The number of piperazine rings is 1. The van der Waals surface area contributed by atoms with Gasteiger partial charge in [0.2, 0.25) is 11.5 Å². The molecule has 1 aromatic carbocycles. The monoisotopic (exact) mass is 848 g/mol. The van der Waals surface area contributed by atoms with E-state index in [4.69, 9.17) is 22.2 Å². The largest absolute Gasteiger partial charge is 0.504 e. The summed E-state index contributed by atoms with van der Waals surface area (Å²) in [5.41, 5.74) is 4.59. The molecule has 0 aliphatic carbocycles. The number of nitrogens with one attached hydrogen (secondary N) is 2. The van der Waals surface area contributed by atoms with E-state index >= 15 is 0 Å². The standard InChI is InChI=1S/C27H26BrClN8O13S2/c1-27(2,25(48)49)50-34-14(13-18(28)52-26(30)32-13)19(43)31-15-21(45)36(7-11(39)40)24(15)51-8-35-5-6-37(23(47)22(35)46)33-20(44)16(41)9-3-4-10(38)17(42)12(9)29/h3-4,15,24,38,42H,5-8H2,1-2H3,(H2,30,32)(H,31,43)(H,33,44)(H,39,40)(H,48,49)/b34-14-/t15-,24-/m1/s1. The first-order chi connectivity index (χ1) is 24.2. The molecule has 0 saturated carbocycles. The Kier molecular flexibility index (Phi) is 11.9. The number of thioether (sulfide) groups is 1. The number of aromatic hydroxyl groups is 2. The fraction of sp³-hybridized carbons (Fsp3) is 0.333. The van der Waals surface area contributed by atoms with Crippen LogP contribution in [0.5, 0.6) is 11.5 Å². The van der Waals surface area contributed by atoms with Crippen LogP contribution in [0.4, 0.5) is 5.13 Å². The third kappa shape index (κ3) is 8.29. The first kappa shape index (κ1) is 39.6. The predicted molar refractivity (Wildman–Crippen MR) is 182 cm³/mol. The number of aromatic nitrogens is 1. The number of thiazole rings is 1. The number of nitrogen functional groups attached to an aromatic ring is 1. The number of anilines is 1. The minimum absolute atomic E-state index is 0.00633. The summed E-state index contributed by atoms with van der Waals surface area (Å²) in [6, 6.07) is 0.467. The summed E-state index contributed by atoms with van der Waals surface area (Å²) >= 11 is 10.7. The van der Waals surface area contributed by atoms with Crippen LogP contribution in [-0.2, 0) is 38.4 Å². The average molecular weight is 850 g/mol. The molecule has 21 nitrogen and oxygen atoms in total. The topological polar surface area (TPSA) is 312 Å². The number of carboxylic acids is 2. The zero-order chi connectivity index (χ0) is 38.8. The van der Waals surface area contributed by atoms with E-state index in [9.17, 15) is 58.8 Å². The molecule has 0 bridgehead atoms. The van der Waals surface area contributed by atoms with Gasteiger partial charge in [0.25, 0.3) is 11.7 Å². The van der Waals surface area contributed by atoms with Crippen LogP contribution in [0.25, 0.3) is 0 Å². The van der Waals surface area contributed by atoms with Gasteiger partial charge in [0, 0.05) is 6.54 Å². The molecule has 1 aromatic heterocycles. The Labute approximate surface area is 312 Å².